The first-order chi connectivity index (χ1) is 14.9. The summed E-state index contributed by atoms with van der Waals surface area (Å²) in [5.74, 6) is -1.87. The number of benzene rings is 2. The largest absolute Gasteiger partial charge is 0.492 e. The molecule has 1 saturated heterocycles. The van der Waals surface area contributed by atoms with Gasteiger partial charge >= 0.3 is 5.97 Å². The van der Waals surface area contributed by atoms with Crippen molar-refractivity contribution in [3.63, 3.8) is 0 Å². The van der Waals surface area contributed by atoms with E-state index in [1.807, 2.05) is 6.92 Å². The Morgan fingerprint density at radius 3 is 2.58 bits per heavy atom. The van der Waals surface area contributed by atoms with Crippen LogP contribution in [-0.4, -0.2) is 42.8 Å². The minimum Gasteiger partial charge on any atom is -0.492 e. The second kappa shape index (κ2) is 10.4. The number of hydrogen-bond donors (Lipinski definition) is 0. The van der Waals surface area contributed by atoms with Gasteiger partial charge in [-0.1, -0.05) is 12.1 Å². The smallest absolute Gasteiger partial charge is 0.312 e. The lowest BCUT2D eigenvalue weighted by molar-refractivity contribution is -0.151. The van der Waals surface area contributed by atoms with Crippen molar-refractivity contribution in [3.8, 4) is 5.75 Å². The van der Waals surface area contributed by atoms with Gasteiger partial charge in [-0.05, 0) is 43.3 Å². The van der Waals surface area contributed by atoms with E-state index >= 15 is 0 Å². The highest BCUT2D eigenvalue weighted by Gasteiger charge is 2.38. The summed E-state index contributed by atoms with van der Waals surface area (Å²) in [6.45, 7) is 2.41. The monoisotopic (exact) mass is 447 g/mol. The molecule has 1 aliphatic heterocycles. The Bertz CT molecular complexity index is 949. The van der Waals surface area contributed by atoms with Gasteiger partial charge in [0.25, 0.3) is 0 Å². The highest BCUT2D eigenvalue weighted by atomic mass is 35.5. The molecule has 8 heteroatoms. The van der Waals surface area contributed by atoms with E-state index in [4.69, 9.17) is 21.1 Å². The minimum atomic E-state index is -1.10. The van der Waals surface area contributed by atoms with Crippen LogP contribution in [0, 0.1) is 11.7 Å². The van der Waals surface area contributed by atoms with E-state index in [9.17, 15) is 18.8 Å². The zero-order valence-electron chi connectivity index (χ0n) is 17.1. The summed E-state index contributed by atoms with van der Waals surface area (Å²) in [6, 6.07) is 12.1. The van der Waals surface area contributed by atoms with Crippen LogP contribution in [-0.2, 0) is 14.3 Å². The number of rotatable bonds is 9. The number of alkyl halides is 1. The zero-order chi connectivity index (χ0) is 22.4. The third kappa shape index (κ3) is 5.41. The molecule has 31 heavy (non-hydrogen) atoms. The number of anilines is 1. The van der Waals surface area contributed by atoms with E-state index in [1.54, 1.807) is 24.3 Å². The topological polar surface area (TPSA) is 72.9 Å². The Hall–Kier alpha value is -2.93. The molecule has 1 heterocycles. The number of hydrogen-bond acceptors (Lipinski definition) is 5. The summed E-state index contributed by atoms with van der Waals surface area (Å²) < 4.78 is 24.2. The summed E-state index contributed by atoms with van der Waals surface area (Å²) >= 11 is 5.79. The molecule has 0 aromatic heterocycles. The van der Waals surface area contributed by atoms with Crippen LogP contribution in [0.5, 0.6) is 5.75 Å². The highest BCUT2D eigenvalue weighted by molar-refractivity contribution is 6.18. The molecule has 2 aromatic rings. The fourth-order valence-electron chi connectivity index (χ4n) is 3.44. The van der Waals surface area contributed by atoms with Crippen LogP contribution in [0.25, 0.3) is 0 Å². The van der Waals surface area contributed by atoms with Crippen molar-refractivity contribution in [3.05, 3.63) is 59.9 Å². The van der Waals surface area contributed by atoms with Crippen LogP contribution in [0.1, 0.15) is 30.1 Å². The van der Waals surface area contributed by atoms with Gasteiger partial charge in [0.1, 0.15) is 11.6 Å². The molecular formula is C23H23ClFNO5. The molecule has 164 valence electrons. The van der Waals surface area contributed by atoms with Gasteiger partial charge in [-0.15, -0.1) is 11.6 Å². The van der Waals surface area contributed by atoms with Crippen molar-refractivity contribution >= 4 is 34.9 Å². The van der Waals surface area contributed by atoms with Gasteiger partial charge in [0.2, 0.25) is 11.7 Å². The molecular weight excluding hydrogens is 425 g/mol. The van der Waals surface area contributed by atoms with E-state index < -0.39 is 29.6 Å². The van der Waals surface area contributed by atoms with E-state index in [0.717, 1.165) is 12.1 Å². The predicted octanol–water partition coefficient (Wildman–Crippen LogP) is 4.00. The lowest BCUT2D eigenvalue weighted by atomic mass is 10.0. The van der Waals surface area contributed by atoms with Crippen molar-refractivity contribution in [2.75, 3.05) is 23.9 Å². The highest BCUT2D eigenvalue weighted by Crippen LogP contribution is 2.33. The number of para-hydroxylation sites is 2. The maximum absolute atomic E-state index is 13.1. The van der Waals surface area contributed by atoms with Gasteiger partial charge in [-0.2, -0.15) is 0 Å². The summed E-state index contributed by atoms with van der Waals surface area (Å²) in [7, 11) is 0. The van der Waals surface area contributed by atoms with Crippen LogP contribution in [0.2, 0.25) is 0 Å². The molecule has 0 unspecified atom stereocenters. The number of ketones is 1. The van der Waals surface area contributed by atoms with Gasteiger partial charge in [-0.25, -0.2) is 4.39 Å². The predicted molar refractivity (Wildman–Crippen MR) is 114 cm³/mol. The second-order valence-corrected chi connectivity index (χ2v) is 7.46. The summed E-state index contributed by atoms with van der Waals surface area (Å²) in [5.41, 5.74) is 0.809. The molecule has 2 aromatic carbocycles. The van der Waals surface area contributed by atoms with Crippen molar-refractivity contribution in [2.45, 2.75) is 25.9 Å². The number of carbonyl (C=O) groups excluding carboxylic acids is 3. The zero-order valence-corrected chi connectivity index (χ0v) is 17.8. The van der Waals surface area contributed by atoms with Crippen molar-refractivity contribution in [1.29, 1.82) is 0 Å². The van der Waals surface area contributed by atoms with Gasteiger partial charge in [0.05, 0.1) is 18.2 Å². The normalized spacial score (nSPS) is 16.8. The Kier molecular flexibility index (Phi) is 7.63. The third-order valence-corrected chi connectivity index (χ3v) is 5.18. The molecule has 0 N–H and O–H groups in total. The Morgan fingerprint density at radius 1 is 1.19 bits per heavy atom. The molecule has 0 saturated carbocycles. The van der Waals surface area contributed by atoms with Crippen LogP contribution in [0.3, 0.4) is 0 Å². The number of amides is 1. The molecule has 6 nitrogen and oxygen atoms in total. The number of Topliss-reactive ketones (excluding diaryl/α,β-unsaturated/α-hetero) is 1. The maximum Gasteiger partial charge on any atom is 0.312 e. The van der Waals surface area contributed by atoms with Gasteiger partial charge < -0.3 is 14.4 Å². The van der Waals surface area contributed by atoms with Crippen molar-refractivity contribution in [2.24, 2.45) is 5.92 Å². The average molecular weight is 448 g/mol. The fourth-order valence-corrected chi connectivity index (χ4v) is 3.63. The molecule has 0 spiro atoms. The minimum absolute atomic E-state index is 0.0301. The molecule has 1 amide bonds. The van der Waals surface area contributed by atoms with Gasteiger partial charge in [-0.3, -0.25) is 14.4 Å². The molecule has 1 fully saturated rings. The second-order valence-electron chi connectivity index (χ2n) is 7.08. The van der Waals surface area contributed by atoms with Crippen LogP contribution in [0.15, 0.2) is 48.5 Å². The van der Waals surface area contributed by atoms with Crippen molar-refractivity contribution < 1.29 is 28.2 Å². The SMILES string of the molecule is CCOc1ccccc1N1C[C@@H](C(=O)O[C@H](CCCl)C(=O)c2ccc(F)cc2)CC1=O. The number of nitrogens with zero attached hydrogens (tertiary/aromatic N) is 1. The Morgan fingerprint density at radius 2 is 1.90 bits per heavy atom. The lowest BCUT2D eigenvalue weighted by Crippen LogP contribution is -2.32. The summed E-state index contributed by atoms with van der Waals surface area (Å²) in [6.07, 6.45) is -1.02. The number of ether oxygens (including phenoxy) is 2. The molecule has 0 radical (unpaired) electrons. The Balaban J connectivity index is 1.71. The number of esters is 1. The van der Waals surface area contributed by atoms with Crippen molar-refractivity contribution in [1.82, 2.24) is 0 Å². The molecule has 2 atom stereocenters. The van der Waals surface area contributed by atoms with Gasteiger partial charge in [0, 0.05) is 30.8 Å². The summed E-state index contributed by atoms with van der Waals surface area (Å²) in [5, 5.41) is 0. The van der Waals surface area contributed by atoms with E-state index in [0.29, 0.717) is 18.0 Å². The Labute approximate surface area is 184 Å². The quantitative estimate of drug-likeness (QED) is 0.330. The van der Waals surface area contributed by atoms with E-state index in [1.165, 1.54) is 17.0 Å². The first kappa shape index (κ1) is 22.7. The van der Waals surface area contributed by atoms with Crippen LogP contribution < -0.4 is 9.64 Å². The maximum atomic E-state index is 13.1. The lowest BCUT2D eigenvalue weighted by Gasteiger charge is -2.21. The number of carbonyl (C=O) groups is 3. The standard InChI is InChI=1S/C23H23ClFNO5/c1-2-30-19-6-4-3-5-18(19)26-14-16(13-21(26)27)23(29)31-20(11-12-24)22(28)15-7-9-17(25)10-8-15/h3-10,16,20H,2,11-14H2,1H3/t16-,20+/m0/s1. The van der Waals surface area contributed by atoms with Crippen LogP contribution in [0.4, 0.5) is 10.1 Å². The first-order valence-corrected chi connectivity index (χ1v) is 10.6. The van der Waals surface area contributed by atoms with Crippen LogP contribution >= 0.6 is 11.6 Å². The average Bonchev–Trinajstić information content (AvgIpc) is 3.15. The molecule has 1 aliphatic rings. The third-order valence-electron chi connectivity index (χ3n) is 4.97. The molecule has 3 rings (SSSR count). The number of halogens is 2. The van der Waals surface area contributed by atoms with E-state index in [2.05, 4.69) is 0 Å². The molecule has 0 aliphatic carbocycles. The summed E-state index contributed by atoms with van der Waals surface area (Å²) in [4.78, 5) is 39.6. The fraction of sp³-hybridized carbons (Fsp3) is 0.348. The van der Waals surface area contributed by atoms with E-state index in [-0.39, 0.29) is 36.7 Å². The molecule has 0 bridgehead atoms. The van der Waals surface area contributed by atoms with Gasteiger partial charge in [0.15, 0.2) is 6.10 Å². The first-order valence-electron chi connectivity index (χ1n) is 10.0.